The maximum atomic E-state index is 13.5. The summed E-state index contributed by atoms with van der Waals surface area (Å²) in [7, 11) is 1.98. The second-order valence-corrected chi connectivity index (χ2v) is 7.58. The highest BCUT2D eigenvalue weighted by Gasteiger charge is 2.18. The Morgan fingerprint density at radius 2 is 1.80 bits per heavy atom. The van der Waals surface area contributed by atoms with Gasteiger partial charge in [0.1, 0.15) is 0 Å². The summed E-state index contributed by atoms with van der Waals surface area (Å²) in [5, 5.41) is 5.45. The Morgan fingerprint density at radius 1 is 0.933 bits per heavy atom. The number of nitrogens with one attached hydrogen (secondary N) is 1. The van der Waals surface area contributed by atoms with E-state index in [0.29, 0.717) is 11.1 Å². The molecule has 146 valence electrons. The van der Waals surface area contributed by atoms with Crippen molar-refractivity contribution in [3.05, 3.63) is 102 Å². The molecule has 0 aliphatic rings. The highest BCUT2D eigenvalue weighted by molar-refractivity contribution is 6.19. The lowest BCUT2D eigenvalue weighted by atomic mass is 10.0. The zero-order chi connectivity index (χ0) is 20.7. The molecule has 5 rings (SSSR count). The molecule has 0 atom stereocenters. The fourth-order valence-electron chi connectivity index (χ4n) is 3.92. The number of pyridine rings is 1. The molecule has 0 fully saturated rings. The van der Waals surface area contributed by atoms with Gasteiger partial charge in [0.25, 0.3) is 0 Å². The van der Waals surface area contributed by atoms with Gasteiger partial charge in [-0.3, -0.25) is 9.78 Å². The second kappa shape index (κ2) is 7.16. The molecule has 4 nitrogen and oxygen atoms in total. The van der Waals surface area contributed by atoms with Crippen molar-refractivity contribution in [3.8, 4) is 0 Å². The number of rotatable bonds is 4. The number of benzene rings is 3. The first-order valence-corrected chi connectivity index (χ1v) is 9.91. The summed E-state index contributed by atoms with van der Waals surface area (Å²) in [5.74, 6) is 0.00927. The van der Waals surface area contributed by atoms with Crippen molar-refractivity contribution in [2.75, 3.05) is 5.32 Å². The van der Waals surface area contributed by atoms with Crippen LogP contribution in [-0.2, 0) is 7.05 Å². The summed E-state index contributed by atoms with van der Waals surface area (Å²) in [6.45, 7) is 2.06. The molecule has 0 radical (unpaired) electrons. The largest absolute Gasteiger partial charge is 0.355 e. The van der Waals surface area contributed by atoms with Gasteiger partial charge < -0.3 is 9.88 Å². The first-order chi connectivity index (χ1) is 14.6. The summed E-state index contributed by atoms with van der Waals surface area (Å²) < 4.78 is 2.02. The summed E-state index contributed by atoms with van der Waals surface area (Å²) >= 11 is 0. The molecule has 0 saturated heterocycles. The number of carbonyl (C=O) groups excluding carboxylic acids is 1. The molecule has 0 bridgehead atoms. The number of hydrogen-bond donors (Lipinski definition) is 1. The highest BCUT2D eigenvalue weighted by Crippen LogP contribution is 2.29. The number of ketones is 1. The van der Waals surface area contributed by atoms with Crippen LogP contribution in [0, 0.1) is 6.92 Å². The number of carbonyl (C=O) groups is 1. The maximum Gasteiger partial charge on any atom is 0.197 e. The molecule has 30 heavy (non-hydrogen) atoms. The van der Waals surface area contributed by atoms with Crippen LogP contribution in [0.2, 0.25) is 0 Å². The second-order valence-electron chi connectivity index (χ2n) is 7.58. The van der Waals surface area contributed by atoms with Crippen LogP contribution in [0.4, 0.5) is 11.4 Å². The van der Waals surface area contributed by atoms with E-state index >= 15 is 0 Å². The van der Waals surface area contributed by atoms with Gasteiger partial charge in [-0.15, -0.1) is 0 Å². The predicted octanol–water partition coefficient (Wildman–Crippen LogP) is 6.01. The van der Waals surface area contributed by atoms with Crippen molar-refractivity contribution in [3.63, 3.8) is 0 Å². The summed E-state index contributed by atoms with van der Waals surface area (Å²) in [4.78, 5) is 17.9. The Kier molecular flexibility index (Phi) is 4.32. The van der Waals surface area contributed by atoms with Gasteiger partial charge in [-0.25, -0.2) is 0 Å². The number of hydrogen-bond acceptors (Lipinski definition) is 3. The lowest BCUT2D eigenvalue weighted by molar-refractivity contribution is 0.104. The molecule has 0 spiro atoms. The minimum absolute atomic E-state index is 0.00927. The van der Waals surface area contributed by atoms with E-state index in [1.807, 2.05) is 84.5 Å². The Morgan fingerprint density at radius 3 is 2.70 bits per heavy atom. The van der Waals surface area contributed by atoms with Crippen LogP contribution in [0.5, 0.6) is 0 Å². The zero-order valence-electron chi connectivity index (χ0n) is 16.9. The molecule has 0 unspecified atom stereocenters. The van der Waals surface area contributed by atoms with E-state index in [2.05, 4.69) is 23.3 Å². The molecule has 4 heteroatoms. The molecule has 3 aromatic carbocycles. The molecule has 1 N–H and O–H groups in total. The Hall–Kier alpha value is -3.92. The van der Waals surface area contributed by atoms with Crippen LogP contribution in [0.25, 0.3) is 21.8 Å². The molecular formula is C26H21N3O. The fourth-order valence-corrected chi connectivity index (χ4v) is 3.92. The Labute approximate surface area is 174 Å². The van der Waals surface area contributed by atoms with Crippen molar-refractivity contribution < 1.29 is 4.79 Å². The van der Waals surface area contributed by atoms with Crippen LogP contribution in [0.3, 0.4) is 0 Å². The average molecular weight is 391 g/mol. The monoisotopic (exact) mass is 391 g/mol. The van der Waals surface area contributed by atoms with E-state index in [0.717, 1.165) is 33.2 Å². The third kappa shape index (κ3) is 3.12. The van der Waals surface area contributed by atoms with Gasteiger partial charge in [0.2, 0.25) is 0 Å². The SMILES string of the molecule is Cc1ccc2c(C(=O)c3ccccc3Nc3ccc4ncccc4c3)cn(C)c2c1. The van der Waals surface area contributed by atoms with Crippen LogP contribution in [-0.4, -0.2) is 15.3 Å². The quantitative estimate of drug-likeness (QED) is 0.382. The smallest absolute Gasteiger partial charge is 0.197 e. The highest BCUT2D eigenvalue weighted by atomic mass is 16.1. The van der Waals surface area contributed by atoms with Gasteiger partial charge in [-0.1, -0.05) is 30.3 Å². The topological polar surface area (TPSA) is 46.9 Å². The fraction of sp³-hybridized carbons (Fsp3) is 0.0769. The van der Waals surface area contributed by atoms with Gasteiger partial charge in [0, 0.05) is 58.2 Å². The normalized spacial score (nSPS) is 11.1. The van der Waals surface area contributed by atoms with Crippen molar-refractivity contribution in [2.45, 2.75) is 6.92 Å². The number of aryl methyl sites for hydroxylation is 2. The Balaban J connectivity index is 1.55. The number of anilines is 2. The molecule has 2 heterocycles. The van der Waals surface area contributed by atoms with Gasteiger partial charge in [-0.05, 0) is 55.0 Å². The van der Waals surface area contributed by atoms with Gasteiger partial charge in [-0.2, -0.15) is 0 Å². The van der Waals surface area contributed by atoms with Crippen molar-refractivity contribution >= 4 is 39.0 Å². The zero-order valence-corrected chi connectivity index (χ0v) is 16.9. The maximum absolute atomic E-state index is 13.5. The van der Waals surface area contributed by atoms with Crippen molar-refractivity contribution in [1.82, 2.24) is 9.55 Å². The van der Waals surface area contributed by atoms with E-state index in [-0.39, 0.29) is 5.78 Å². The summed E-state index contributed by atoms with van der Waals surface area (Å²) in [6.07, 6.45) is 3.71. The molecule has 2 aromatic heterocycles. The predicted molar refractivity (Wildman–Crippen MR) is 123 cm³/mol. The van der Waals surface area contributed by atoms with Gasteiger partial charge in [0.05, 0.1) is 5.52 Å². The van der Waals surface area contributed by atoms with Crippen LogP contribution < -0.4 is 5.32 Å². The number of para-hydroxylation sites is 1. The first-order valence-electron chi connectivity index (χ1n) is 9.91. The standard InChI is InChI=1S/C26H21N3O/c1-17-9-11-20-22(16-29(2)25(20)14-17)26(30)21-7-3-4-8-24(21)28-19-10-12-23-18(15-19)6-5-13-27-23/h3-16,28H,1-2H3. The minimum atomic E-state index is 0.00927. The van der Waals surface area contributed by atoms with Crippen molar-refractivity contribution in [1.29, 1.82) is 0 Å². The number of aromatic nitrogens is 2. The molecule has 0 saturated carbocycles. The molecule has 0 amide bonds. The van der Waals surface area contributed by atoms with E-state index in [4.69, 9.17) is 0 Å². The Bertz CT molecular complexity index is 1410. The van der Waals surface area contributed by atoms with Crippen LogP contribution >= 0.6 is 0 Å². The lowest BCUT2D eigenvalue weighted by Crippen LogP contribution is -2.05. The van der Waals surface area contributed by atoms with E-state index < -0.39 is 0 Å². The number of nitrogens with zero attached hydrogens (tertiary/aromatic N) is 2. The van der Waals surface area contributed by atoms with Crippen LogP contribution in [0.15, 0.2) is 85.2 Å². The van der Waals surface area contributed by atoms with Gasteiger partial charge in [0.15, 0.2) is 5.78 Å². The first kappa shape index (κ1) is 18.1. The van der Waals surface area contributed by atoms with Crippen molar-refractivity contribution in [2.24, 2.45) is 7.05 Å². The minimum Gasteiger partial charge on any atom is -0.355 e. The van der Waals surface area contributed by atoms with Crippen LogP contribution in [0.1, 0.15) is 21.5 Å². The van der Waals surface area contributed by atoms with E-state index in [1.165, 1.54) is 5.56 Å². The molecule has 0 aliphatic carbocycles. The lowest BCUT2D eigenvalue weighted by Gasteiger charge is -2.12. The third-order valence-corrected chi connectivity index (χ3v) is 5.44. The van der Waals surface area contributed by atoms with E-state index in [1.54, 1.807) is 6.20 Å². The summed E-state index contributed by atoms with van der Waals surface area (Å²) in [5.41, 5.74) is 6.25. The van der Waals surface area contributed by atoms with E-state index in [9.17, 15) is 4.79 Å². The molecular weight excluding hydrogens is 370 g/mol. The van der Waals surface area contributed by atoms with Gasteiger partial charge >= 0.3 is 0 Å². The molecule has 0 aliphatic heterocycles. The number of fused-ring (bicyclic) bond motifs is 2. The average Bonchev–Trinajstić information content (AvgIpc) is 3.09. The molecule has 5 aromatic rings. The summed E-state index contributed by atoms with van der Waals surface area (Å²) in [6, 6.07) is 23.8. The third-order valence-electron chi connectivity index (χ3n) is 5.44.